The molecule has 0 unspecified atom stereocenters. The normalized spacial score (nSPS) is 13.6. The molecule has 4 aliphatic rings. The van der Waals surface area contributed by atoms with Crippen LogP contribution in [-0.2, 0) is 73.0 Å². The summed E-state index contributed by atoms with van der Waals surface area (Å²) in [6.07, 6.45) is 7.40. The molecule has 4 heterocycles. The molecule has 0 amide bonds. The van der Waals surface area contributed by atoms with Gasteiger partial charge in [-0.15, -0.1) is 0 Å². The molecule has 0 saturated heterocycles. The van der Waals surface area contributed by atoms with Gasteiger partial charge in [-0.2, -0.15) is 0 Å². The third-order valence-electron chi connectivity index (χ3n) is 20.0. The summed E-state index contributed by atoms with van der Waals surface area (Å²) in [4.78, 5) is 38.4. The van der Waals surface area contributed by atoms with Gasteiger partial charge in [0.1, 0.15) is 23.3 Å². The highest BCUT2D eigenvalue weighted by atomic mass is 14.9. The lowest BCUT2D eigenvalue weighted by atomic mass is 9.78. The van der Waals surface area contributed by atoms with Crippen molar-refractivity contribution in [3.8, 4) is 0 Å². The lowest BCUT2D eigenvalue weighted by Crippen LogP contribution is -2.23. The second-order valence-electron chi connectivity index (χ2n) is 31.5. The maximum absolute atomic E-state index is 4.86. The zero-order valence-corrected chi connectivity index (χ0v) is 59.2. The van der Waals surface area contributed by atoms with Crippen LogP contribution in [0.5, 0.6) is 0 Å². The summed E-state index contributed by atoms with van der Waals surface area (Å²) in [5.74, 6) is 3.54. The van der Waals surface area contributed by atoms with Gasteiger partial charge in [-0.1, -0.05) is 248 Å². The molecular weight excluding hydrogens is 1180 g/mol. The van der Waals surface area contributed by atoms with Gasteiger partial charge in [0.2, 0.25) is 0 Å². The lowest BCUT2D eigenvalue weighted by Gasteiger charge is -2.29. The molecule has 9 aromatic carbocycles. The molecule has 0 N–H and O–H groups in total. The Hall–Kier alpha value is -9.40. The largest absolute Gasteiger partial charge is 0.238 e. The number of rotatable bonds is 0. The van der Waals surface area contributed by atoms with Crippen molar-refractivity contribution in [1.29, 1.82) is 0 Å². The summed E-state index contributed by atoms with van der Waals surface area (Å²) in [5, 5.41) is 13.4. The van der Waals surface area contributed by atoms with Crippen LogP contribution in [0.25, 0.3) is 53.9 Å². The Morgan fingerprint density at radius 3 is 0.897 bits per heavy atom. The van der Waals surface area contributed by atoms with E-state index in [-0.39, 0.29) is 29.1 Å². The first-order valence-corrected chi connectivity index (χ1v) is 34.6. The van der Waals surface area contributed by atoms with Gasteiger partial charge < -0.3 is 0 Å². The maximum Gasteiger partial charge on any atom is 0.125 e. The molecule has 0 aliphatic heterocycles. The summed E-state index contributed by atoms with van der Waals surface area (Å²) >= 11 is 0. The SMILES string of the molecule is C.Cc1nc2c(c(C(C)(C)C)n1)Cc1c(c3ccccc3c3ccccc13)C2.Cc1nc2c(c(C(C)(C)C)n1)Cc1c(ccc3ccccc13)C2.Cc1nc2c(c(C(C)(C)C)n1)Cc1cc3ccccc3cc1C2.Cc1nc2c(c(C(C)(C)C)n1)Cc1ccc3ccccc3c1C2. The number of aryl methyl sites for hydroxylation is 4. The highest BCUT2D eigenvalue weighted by Gasteiger charge is 2.33. The van der Waals surface area contributed by atoms with Crippen LogP contribution in [0, 0.1) is 27.7 Å². The van der Waals surface area contributed by atoms with Crippen molar-refractivity contribution in [2.45, 2.75) is 191 Å². The fraction of sp³-hybridized carbons (Fsp3) is 0.326. The Kier molecular flexibility index (Phi) is 17.2. The molecule has 4 aliphatic carbocycles. The second-order valence-corrected chi connectivity index (χ2v) is 31.5. The van der Waals surface area contributed by atoms with E-state index in [1.807, 2.05) is 27.7 Å². The molecule has 8 heteroatoms. The van der Waals surface area contributed by atoms with Crippen molar-refractivity contribution in [3.05, 3.63) is 293 Å². The number of hydrogen-bond donors (Lipinski definition) is 0. The van der Waals surface area contributed by atoms with Crippen LogP contribution in [0.15, 0.2) is 158 Å². The van der Waals surface area contributed by atoms with Crippen LogP contribution < -0.4 is 0 Å². The minimum absolute atomic E-state index is 0. The van der Waals surface area contributed by atoms with Crippen molar-refractivity contribution >= 4 is 53.9 Å². The molecule has 8 nitrogen and oxygen atoms in total. The average molecular weight is 1280 g/mol. The number of aromatic nitrogens is 8. The Morgan fingerprint density at radius 2 is 0.495 bits per heavy atom. The molecule has 490 valence electrons. The van der Waals surface area contributed by atoms with Gasteiger partial charge in [0, 0.05) is 95.3 Å². The van der Waals surface area contributed by atoms with E-state index in [0.29, 0.717) is 0 Å². The fourth-order valence-electron chi connectivity index (χ4n) is 15.7. The van der Waals surface area contributed by atoms with E-state index in [0.717, 1.165) is 74.7 Å². The summed E-state index contributed by atoms with van der Waals surface area (Å²) in [6.45, 7) is 35.0. The standard InChI is InChI=1S/C25H24N2.3C21H22N2.CH4/c1-15-26-23-14-21-19-12-8-6-10-17(19)16-9-5-7-11-18(16)20(21)13-22(23)24(27-15)25(2,3)4;1-13-22-19-12-17-10-15-8-6-5-7-14(15)9-16(17)11-18(19)20(23-13)21(2,3)4;1-13-22-19-11-15-10-9-14-7-5-6-8-16(14)17(15)12-18(19)20(23-13)21(2,3)4;1-13-22-19-12-17-15(10-9-14-7-5-6-8-16(14)17)11-18(19)20(23-13)21(2,3)4;/h5-12H,13-14H2,1-4H3;3*5-10H,11-12H2,1-4H3;1H4. The van der Waals surface area contributed by atoms with Crippen molar-refractivity contribution in [1.82, 2.24) is 39.9 Å². The Morgan fingerprint density at radius 1 is 0.227 bits per heavy atom. The zero-order chi connectivity index (χ0) is 67.3. The van der Waals surface area contributed by atoms with Gasteiger partial charge in [0.15, 0.2) is 0 Å². The molecule has 0 saturated carbocycles. The van der Waals surface area contributed by atoms with E-state index < -0.39 is 0 Å². The Bertz CT molecular complexity index is 5220. The Labute approximate surface area is 575 Å². The van der Waals surface area contributed by atoms with Crippen LogP contribution in [0.2, 0.25) is 0 Å². The topological polar surface area (TPSA) is 103 Å². The smallest absolute Gasteiger partial charge is 0.125 e. The van der Waals surface area contributed by atoms with E-state index in [4.69, 9.17) is 39.9 Å². The predicted octanol–water partition coefficient (Wildman–Crippen LogP) is 20.7. The van der Waals surface area contributed by atoms with Crippen LogP contribution in [0.4, 0.5) is 0 Å². The minimum atomic E-state index is 0. The van der Waals surface area contributed by atoms with Gasteiger partial charge in [-0.05, 0) is 126 Å². The molecule has 0 fully saturated rings. The predicted molar refractivity (Wildman–Crippen MR) is 404 cm³/mol. The van der Waals surface area contributed by atoms with E-state index in [1.54, 1.807) is 0 Å². The first kappa shape index (κ1) is 66.2. The molecule has 97 heavy (non-hydrogen) atoms. The Balaban J connectivity index is 0.000000117. The fourth-order valence-corrected chi connectivity index (χ4v) is 15.7. The molecule has 17 rings (SSSR count). The van der Waals surface area contributed by atoms with Crippen LogP contribution in [-0.4, -0.2) is 39.9 Å². The number of hydrogen-bond acceptors (Lipinski definition) is 8. The molecular formula is C89H94N8. The van der Waals surface area contributed by atoms with Crippen molar-refractivity contribution in [2.24, 2.45) is 0 Å². The summed E-state index contributed by atoms with van der Waals surface area (Å²) < 4.78 is 0. The molecule has 0 bridgehead atoms. The zero-order valence-electron chi connectivity index (χ0n) is 59.2. The van der Waals surface area contributed by atoms with Crippen LogP contribution >= 0.6 is 0 Å². The number of benzene rings is 9. The van der Waals surface area contributed by atoms with E-state index in [2.05, 4.69) is 241 Å². The molecule has 0 atom stereocenters. The van der Waals surface area contributed by atoms with Gasteiger partial charge in [-0.3, -0.25) is 0 Å². The first-order chi connectivity index (χ1) is 45.7. The number of nitrogens with zero attached hydrogens (tertiary/aromatic N) is 8. The summed E-state index contributed by atoms with van der Waals surface area (Å²) in [7, 11) is 0. The van der Waals surface area contributed by atoms with Gasteiger partial charge >= 0.3 is 0 Å². The highest BCUT2D eigenvalue weighted by Crippen LogP contribution is 2.43. The van der Waals surface area contributed by atoms with Crippen molar-refractivity contribution < 1.29 is 0 Å². The molecule has 0 radical (unpaired) electrons. The third kappa shape index (κ3) is 12.9. The van der Waals surface area contributed by atoms with Crippen molar-refractivity contribution in [2.75, 3.05) is 0 Å². The van der Waals surface area contributed by atoms with Crippen LogP contribution in [0.3, 0.4) is 0 Å². The van der Waals surface area contributed by atoms with E-state index in [9.17, 15) is 0 Å². The highest BCUT2D eigenvalue weighted by molar-refractivity contribution is 6.11. The van der Waals surface area contributed by atoms with Crippen molar-refractivity contribution in [3.63, 3.8) is 0 Å². The number of fused-ring (bicyclic) bond motifs is 18. The quantitative estimate of drug-likeness (QED) is 0.138. The molecule has 13 aromatic rings. The van der Waals surface area contributed by atoms with E-state index in [1.165, 1.54) is 166 Å². The van der Waals surface area contributed by atoms with Gasteiger partial charge in [0.25, 0.3) is 0 Å². The second kappa shape index (κ2) is 25.2. The van der Waals surface area contributed by atoms with Gasteiger partial charge in [0.05, 0.1) is 45.6 Å². The monoisotopic (exact) mass is 1270 g/mol. The molecule has 0 spiro atoms. The first-order valence-electron chi connectivity index (χ1n) is 34.6. The minimum Gasteiger partial charge on any atom is -0.238 e. The lowest BCUT2D eigenvalue weighted by molar-refractivity contribution is 0.552. The van der Waals surface area contributed by atoms with E-state index >= 15 is 0 Å². The van der Waals surface area contributed by atoms with Crippen LogP contribution in [0.1, 0.15) is 226 Å². The van der Waals surface area contributed by atoms with Gasteiger partial charge in [-0.25, -0.2) is 39.9 Å². The maximum atomic E-state index is 4.86. The third-order valence-corrected chi connectivity index (χ3v) is 20.0. The molecule has 4 aromatic heterocycles. The summed E-state index contributed by atoms with van der Waals surface area (Å²) in [6, 6.07) is 57.3. The average Bonchev–Trinajstić information content (AvgIpc) is 0.745. The summed E-state index contributed by atoms with van der Waals surface area (Å²) in [5.41, 5.74) is 26.6.